The maximum absolute atomic E-state index is 12.4. The van der Waals surface area contributed by atoms with Crippen molar-refractivity contribution in [3.63, 3.8) is 0 Å². The maximum Gasteiger partial charge on any atom is 0.255 e. The van der Waals surface area contributed by atoms with Crippen molar-refractivity contribution in [2.24, 2.45) is 5.92 Å². The van der Waals surface area contributed by atoms with E-state index < -0.39 is 0 Å². The summed E-state index contributed by atoms with van der Waals surface area (Å²) in [5, 5.41) is 5.81. The van der Waals surface area contributed by atoms with Gasteiger partial charge >= 0.3 is 0 Å². The van der Waals surface area contributed by atoms with E-state index in [-0.39, 0.29) is 17.7 Å². The molecule has 1 aliphatic heterocycles. The van der Waals surface area contributed by atoms with Crippen LogP contribution in [0.3, 0.4) is 0 Å². The number of anilines is 1. The summed E-state index contributed by atoms with van der Waals surface area (Å²) in [7, 11) is 1.64. The number of benzene rings is 2. The van der Waals surface area contributed by atoms with Gasteiger partial charge in [-0.15, -0.1) is 0 Å². The number of hydrogen-bond donors (Lipinski definition) is 2. The van der Waals surface area contributed by atoms with Crippen molar-refractivity contribution >= 4 is 33.4 Å². The van der Waals surface area contributed by atoms with Gasteiger partial charge in [-0.3, -0.25) is 9.59 Å². The van der Waals surface area contributed by atoms with Crippen LogP contribution in [-0.2, 0) is 16.0 Å². The molecule has 0 saturated carbocycles. The van der Waals surface area contributed by atoms with Gasteiger partial charge in [0.1, 0.15) is 12.4 Å². The summed E-state index contributed by atoms with van der Waals surface area (Å²) in [6.45, 7) is 1.55. The molecule has 0 aliphatic carbocycles. The third-order valence-electron chi connectivity index (χ3n) is 4.53. The Morgan fingerprint density at radius 2 is 2.00 bits per heavy atom. The van der Waals surface area contributed by atoms with Crippen molar-refractivity contribution in [2.75, 3.05) is 32.2 Å². The van der Waals surface area contributed by atoms with Gasteiger partial charge in [0, 0.05) is 36.0 Å². The Morgan fingerprint density at radius 3 is 2.75 bits per heavy atom. The number of carbonyl (C=O) groups is 2. The zero-order valence-electron chi connectivity index (χ0n) is 15.7. The molecule has 7 heteroatoms. The first-order chi connectivity index (χ1) is 13.6. The molecule has 2 N–H and O–H groups in total. The van der Waals surface area contributed by atoms with Gasteiger partial charge in [-0.2, -0.15) is 0 Å². The second kappa shape index (κ2) is 9.71. The Morgan fingerprint density at radius 1 is 1.21 bits per heavy atom. The van der Waals surface area contributed by atoms with Crippen molar-refractivity contribution < 1.29 is 19.1 Å². The highest BCUT2D eigenvalue weighted by Crippen LogP contribution is 2.30. The minimum Gasteiger partial charge on any atom is -0.492 e. The summed E-state index contributed by atoms with van der Waals surface area (Å²) in [6, 6.07) is 12.7. The molecular weight excluding hydrogens is 424 g/mol. The van der Waals surface area contributed by atoms with E-state index in [2.05, 4.69) is 26.6 Å². The number of nitrogens with one attached hydrogen (secondary N) is 2. The number of carbonyl (C=O) groups excluding carboxylic acids is 2. The fourth-order valence-electron chi connectivity index (χ4n) is 3.02. The van der Waals surface area contributed by atoms with Crippen molar-refractivity contribution in [3.05, 3.63) is 58.1 Å². The minimum absolute atomic E-state index is 0.0222. The van der Waals surface area contributed by atoms with Gasteiger partial charge in [0.2, 0.25) is 5.91 Å². The van der Waals surface area contributed by atoms with Crippen LogP contribution in [0.25, 0.3) is 0 Å². The predicted octanol–water partition coefficient (Wildman–Crippen LogP) is 3.41. The second-order valence-electron chi connectivity index (χ2n) is 6.63. The molecule has 2 aromatic rings. The molecule has 0 saturated heterocycles. The average molecular weight is 447 g/mol. The smallest absolute Gasteiger partial charge is 0.255 e. The Bertz CT molecular complexity index is 839. The highest BCUT2D eigenvalue weighted by Gasteiger charge is 2.26. The van der Waals surface area contributed by atoms with Gasteiger partial charge in [-0.1, -0.05) is 15.9 Å². The summed E-state index contributed by atoms with van der Waals surface area (Å²) in [6.07, 6.45) is 1.35. The summed E-state index contributed by atoms with van der Waals surface area (Å²) >= 11 is 3.36. The molecule has 2 aromatic carbocycles. The first-order valence-electron chi connectivity index (χ1n) is 9.16. The van der Waals surface area contributed by atoms with Crippen LogP contribution in [0.2, 0.25) is 0 Å². The van der Waals surface area contributed by atoms with Crippen LogP contribution in [0.1, 0.15) is 22.3 Å². The fourth-order valence-corrected chi connectivity index (χ4v) is 3.28. The van der Waals surface area contributed by atoms with Crippen molar-refractivity contribution in [2.45, 2.75) is 12.8 Å². The molecule has 0 spiro atoms. The number of hydrogen-bond acceptors (Lipinski definition) is 4. The zero-order chi connectivity index (χ0) is 19.9. The lowest BCUT2D eigenvalue weighted by atomic mass is 9.95. The monoisotopic (exact) mass is 446 g/mol. The van der Waals surface area contributed by atoms with Crippen molar-refractivity contribution in [1.29, 1.82) is 0 Å². The molecule has 1 heterocycles. The molecule has 3 rings (SSSR count). The third-order valence-corrected chi connectivity index (χ3v) is 5.06. The predicted molar refractivity (Wildman–Crippen MR) is 111 cm³/mol. The van der Waals surface area contributed by atoms with Gasteiger partial charge in [-0.25, -0.2) is 0 Å². The van der Waals surface area contributed by atoms with E-state index >= 15 is 0 Å². The largest absolute Gasteiger partial charge is 0.492 e. The Labute approximate surface area is 172 Å². The summed E-state index contributed by atoms with van der Waals surface area (Å²) in [5.41, 5.74) is 2.17. The maximum atomic E-state index is 12.4. The number of methoxy groups -OCH3 is 1. The first kappa shape index (κ1) is 20.4. The molecule has 1 atom stereocenters. The Kier molecular flexibility index (Phi) is 7.06. The van der Waals surface area contributed by atoms with Crippen LogP contribution in [0.15, 0.2) is 46.9 Å². The lowest BCUT2D eigenvalue weighted by Gasteiger charge is -2.25. The number of fused-ring (bicyclic) bond motifs is 1. The molecule has 6 nitrogen and oxygen atoms in total. The van der Waals surface area contributed by atoms with Gasteiger partial charge in [-0.05, 0) is 60.9 Å². The van der Waals surface area contributed by atoms with Crippen LogP contribution in [0.4, 0.5) is 5.69 Å². The molecule has 2 amide bonds. The van der Waals surface area contributed by atoms with E-state index in [9.17, 15) is 9.59 Å². The molecule has 0 aromatic heterocycles. The van der Waals surface area contributed by atoms with Crippen LogP contribution >= 0.6 is 15.9 Å². The van der Waals surface area contributed by atoms with Gasteiger partial charge in [0.15, 0.2) is 0 Å². The highest BCUT2D eigenvalue weighted by molar-refractivity contribution is 9.10. The van der Waals surface area contributed by atoms with E-state index in [1.807, 2.05) is 24.3 Å². The number of ether oxygens (including phenoxy) is 2. The lowest BCUT2D eigenvalue weighted by molar-refractivity contribution is -0.126. The Hall–Kier alpha value is -2.38. The second-order valence-corrected chi connectivity index (χ2v) is 7.55. The minimum atomic E-state index is -0.243. The van der Waals surface area contributed by atoms with E-state index in [1.165, 1.54) is 0 Å². The topological polar surface area (TPSA) is 76.7 Å². The number of amides is 2. The van der Waals surface area contributed by atoms with E-state index in [1.54, 1.807) is 25.3 Å². The van der Waals surface area contributed by atoms with Crippen molar-refractivity contribution in [1.82, 2.24) is 5.32 Å². The first-order valence-corrected chi connectivity index (χ1v) is 9.95. The fraction of sp³-hybridized carbons (Fsp3) is 0.333. The standard InChI is InChI=1S/C21H23BrN2O4/c1-27-10-2-9-23-20(25)16-11-15-12-18(7-8-19(15)28-13-16)24-21(26)14-3-5-17(22)6-4-14/h3-8,12,16H,2,9-11,13H2,1H3,(H,23,25)(H,24,26). The van der Waals surface area contributed by atoms with Gasteiger partial charge in [0.25, 0.3) is 5.91 Å². The number of rotatable bonds is 7. The molecule has 1 unspecified atom stereocenters. The average Bonchev–Trinajstić information content (AvgIpc) is 2.71. The zero-order valence-corrected chi connectivity index (χ0v) is 17.3. The molecule has 148 valence electrons. The van der Waals surface area contributed by atoms with Crippen LogP contribution in [0, 0.1) is 5.92 Å². The summed E-state index contributed by atoms with van der Waals surface area (Å²) in [5.74, 6) is 0.306. The molecule has 28 heavy (non-hydrogen) atoms. The van der Waals surface area contributed by atoms with E-state index in [4.69, 9.17) is 9.47 Å². The lowest BCUT2D eigenvalue weighted by Crippen LogP contribution is -2.38. The molecule has 0 bridgehead atoms. The third kappa shape index (κ3) is 5.33. The van der Waals surface area contributed by atoms with E-state index in [0.29, 0.717) is 37.4 Å². The number of halogens is 1. The SMILES string of the molecule is COCCCNC(=O)C1COc2ccc(NC(=O)c3ccc(Br)cc3)cc2C1. The summed E-state index contributed by atoms with van der Waals surface area (Å²) in [4.78, 5) is 24.7. The van der Waals surface area contributed by atoms with Crippen LogP contribution in [-0.4, -0.2) is 38.7 Å². The van der Waals surface area contributed by atoms with Gasteiger partial charge in [0.05, 0.1) is 5.92 Å². The molecule has 0 radical (unpaired) electrons. The molecule has 0 fully saturated rings. The van der Waals surface area contributed by atoms with Crippen LogP contribution < -0.4 is 15.4 Å². The van der Waals surface area contributed by atoms with E-state index in [0.717, 1.165) is 22.2 Å². The van der Waals surface area contributed by atoms with Crippen LogP contribution in [0.5, 0.6) is 5.75 Å². The summed E-state index contributed by atoms with van der Waals surface area (Å²) < 4.78 is 11.6. The van der Waals surface area contributed by atoms with Gasteiger partial charge < -0.3 is 20.1 Å². The quantitative estimate of drug-likeness (QED) is 0.638. The normalized spacial score (nSPS) is 15.3. The highest BCUT2D eigenvalue weighted by atomic mass is 79.9. The molecule has 1 aliphatic rings. The molecular formula is C21H23BrN2O4. The van der Waals surface area contributed by atoms with Crippen molar-refractivity contribution in [3.8, 4) is 5.75 Å². The Balaban J connectivity index is 1.62.